The molecule has 1 nitrogen and oxygen atoms in total. The fraction of sp³-hybridized carbons (Fsp3) is 0.250. The van der Waals surface area contributed by atoms with Gasteiger partial charge in [0.15, 0.2) is 0 Å². The number of nitrogens with one attached hydrogen (secondary N) is 1. The SMILES string of the molecule is CNC.c1ccc([CH2][Mg][CH2]c2ccccc2)cc1. The lowest BCUT2D eigenvalue weighted by atomic mass is 10.2. The van der Waals surface area contributed by atoms with E-state index in [4.69, 9.17) is 0 Å². The monoisotopic (exact) mass is 251 g/mol. The quantitative estimate of drug-likeness (QED) is 0.824. The summed E-state index contributed by atoms with van der Waals surface area (Å²) in [6.45, 7) is 0. The van der Waals surface area contributed by atoms with E-state index in [0.717, 1.165) is 0 Å². The van der Waals surface area contributed by atoms with Gasteiger partial charge in [-0.3, -0.25) is 0 Å². The predicted octanol–water partition coefficient (Wildman–Crippen LogP) is 2.93. The summed E-state index contributed by atoms with van der Waals surface area (Å²) in [5, 5.41) is 2.75. The number of rotatable bonds is 4. The highest BCUT2D eigenvalue weighted by Gasteiger charge is 1.98. The van der Waals surface area contributed by atoms with Gasteiger partial charge in [-0.1, -0.05) is 71.8 Å². The second kappa shape index (κ2) is 10.1. The van der Waals surface area contributed by atoms with Crippen molar-refractivity contribution in [1.82, 2.24) is 5.32 Å². The fourth-order valence-electron chi connectivity index (χ4n) is 1.79. The second-order valence-electron chi connectivity index (χ2n) is 4.32. The predicted molar refractivity (Wildman–Crippen MR) is 81.0 cm³/mol. The van der Waals surface area contributed by atoms with Gasteiger partial charge in [0, 0.05) is 0 Å². The van der Waals surface area contributed by atoms with E-state index in [1.165, 1.54) is 20.2 Å². The van der Waals surface area contributed by atoms with Gasteiger partial charge in [0.25, 0.3) is 0 Å². The van der Waals surface area contributed by atoms with E-state index in [1.54, 1.807) is 0 Å². The largest absolute Gasteiger partial charge is 0.377 e. The average molecular weight is 252 g/mol. The third-order valence-corrected chi connectivity index (χ3v) is 4.48. The summed E-state index contributed by atoms with van der Waals surface area (Å²) >= 11 is 0.0148. The molecular weight excluding hydrogens is 230 g/mol. The molecular formula is C16H21MgN. The van der Waals surface area contributed by atoms with Crippen LogP contribution in [-0.4, -0.2) is 34.5 Å². The average Bonchev–Trinajstić information content (AvgIpc) is 2.42. The Balaban J connectivity index is 0.000000492. The molecule has 2 aromatic rings. The van der Waals surface area contributed by atoms with Gasteiger partial charge in [-0.05, 0) is 14.1 Å². The van der Waals surface area contributed by atoms with Crippen molar-refractivity contribution in [2.24, 2.45) is 0 Å². The molecule has 0 saturated carbocycles. The van der Waals surface area contributed by atoms with Crippen LogP contribution >= 0.6 is 0 Å². The lowest BCUT2D eigenvalue weighted by molar-refractivity contribution is 1.02. The lowest BCUT2D eigenvalue weighted by Gasteiger charge is -1.99. The molecule has 92 valence electrons. The van der Waals surface area contributed by atoms with E-state index in [9.17, 15) is 0 Å². The van der Waals surface area contributed by atoms with Gasteiger partial charge >= 0.3 is 20.4 Å². The van der Waals surface area contributed by atoms with Crippen molar-refractivity contribution in [3.8, 4) is 0 Å². The van der Waals surface area contributed by atoms with E-state index in [1.807, 2.05) is 14.1 Å². The van der Waals surface area contributed by atoms with E-state index in [2.05, 4.69) is 66.0 Å². The van der Waals surface area contributed by atoms with Gasteiger partial charge in [-0.15, -0.1) is 9.10 Å². The Hall–Kier alpha value is -0.834. The van der Waals surface area contributed by atoms with E-state index in [0.29, 0.717) is 0 Å². The first-order valence-electron chi connectivity index (χ1n) is 6.53. The van der Waals surface area contributed by atoms with Crippen LogP contribution in [0.1, 0.15) is 11.1 Å². The molecule has 2 rings (SSSR count). The van der Waals surface area contributed by atoms with Gasteiger partial charge in [-0.25, -0.2) is 0 Å². The first-order chi connectivity index (χ1) is 8.86. The zero-order chi connectivity index (χ0) is 13.1. The van der Waals surface area contributed by atoms with Crippen LogP contribution < -0.4 is 5.32 Å². The van der Waals surface area contributed by atoms with Crippen LogP contribution in [0.2, 0.25) is 0 Å². The number of hydrogen-bond donors (Lipinski definition) is 1. The zero-order valence-electron chi connectivity index (χ0n) is 11.4. The zero-order valence-corrected chi connectivity index (χ0v) is 12.8. The third kappa shape index (κ3) is 6.79. The maximum Gasteiger partial charge on any atom is 0.377 e. The Bertz CT molecular complexity index is 360. The van der Waals surface area contributed by atoms with Gasteiger partial charge in [0.1, 0.15) is 0 Å². The Labute approximate surface area is 120 Å². The number of hydrogen-bond acceptors (Lipinski definition) is 1. The van der Waals surface area contributed by atoms with E-state index >= 15 is 0 Å². The molecule has 0 atom stereocenters. The Kier molecular flexibility index (Phi) is 8.56. The van der Waals surface area contributed by atoms with Crippen LogP contribution in [0.3, 0.4) is 0 Å². The molecule has 0 bridgehead atoms. The van der Waals surface area contributed by atoms with Crippen molar-refractivity contribution < 1.29 is 0 Å². The van der Waals surface area contributed by atoms with Crippen molar-refractivity contribution in [2.75, 3.05) is 14.1 Å². The van der Waals surface area contributed by atoms with Gasteiger partial charge < -0.3 is 5.32 Å². The summed E-state index contributed by atoms with van der Waals surface area (Å²) < 4.78 is 2.63. The summed E-state index contributed by atoms with van der Waals surface area (Å²) in [4.78, 5) is 0. The topological polar surface area (TPSA) is 12.0 Å². The van der Waals surface area contributed by atoms with Crippen molar-refractivity contribution in [3.05, 3.63) is 71.8 Å². The molecule has 1 N–H and O–H groups in total. The van der Waals surface area contributed by atoms with Crippen LogP contribution in [0.4, 0.5) is 0 Å². The van der Waals surface area contributed by atoms with Gasteiger partial charge in [0.05, 0.1) is 0 Å². The molecule has 0 aliphatic heterocycles. The molecule has 0 spiro atoms. The van der Waals surface area contributed by atoms with Crippen molar-refractivity contribution >= 4 is 20.4 Å². The number of benzene rings is 2. The molecule has 18 heavy (non-hydrogen) atoms. The van der Waals surface area contributed by atoms with Crippen LogP contribution in [-0.2, 0) is 9.10 Å². The van der Waals surface area contributed by atoms with E-state index in [-0.39, 0.29) is 20.4 Å². The first-order valence-corrected chi connectivity index (χ1v) is 8.53. The highest BCUT2D eigenvalue weighted by atomic mass is 24.5. The Morgan fingerprint density at radius 3 is 1.39 bits per heavy atom. The molecule has 0 aliphatic rings. The minimum absolute atomic E-state index is 0.0148. The molecule has 0 aliphatic carbocycles. The Morgan fingerprint density at radius 2 is 1.06 bits per heavy atom. The summed E-state index contributed by atoms with van der Waals surface area (Å²) in [6, 6.07) is 21.6. The normalized spacial score (nSPS) is 9.00. The highest BCUT2D eigenvalue weighted by molar-refractivity contribution is 6.34. The minimum Gasteiger partial charge on any atom is -0.323 e. The molecule has 2 heteroatoms. The van der Waals surface area contributed by atoms with Crippen molar-refractivity contribution in [1.29, 1.82) is 0 Å². The van der Waals surface area contributed by atoms with Crippen LogP contribution in [0.15, 0.2) is 60.7 Å². The van der Waals surface area contributed by atoms with Crippen molar-refractivity contribution in [2.45, 2.75) is 9.10 Å². The molecule has 0 fully saturated rings. The minimum atomic E-state index is 0.0148. The summed E-state index contributed by atoms with van der Waals surface area (Å²) in [6.07, 6.45) is 0. The first kappa shape index (κ1) is 15.2. The molecule has 0 heterocycles. The van der Waals surface area contributed by atoms with Crippen LogP contribution in [0.5, 0.6) is 0 Å². The molecule has 0 saturated heterocycles. The van der Waals surface area contributed by atoms with Crippen LogP contribution in [0.25, 0.3) is 0 Å². The van der Waals surface area contributed by atoms with Crippen molar-refractivity contribution in [3.63, 3.8) is 0 Å². The standard InChI is InChI=1S/2C7H7.C2H7N.Mg/c2*1-7-5-3-2-4-6-7;1-3-2;/h2*2-6H,1H2;3H,1-2H3;. The lowest BCUT2D eigenvalue weighted by Crippen LogP contribution is -2.01. The van der Waals surface area contributed by atoms with E-state index < -0.39 is 0 Å². The third-order valence-electron chi connectivity index (χ3n) is 2.62. The molecule has 0 unspecified atom stereocenters. The Morgan fingerprint density at radius 1 is 0.722 bits per heavy atom. The maximum absolute atomic E-state index is 2.75. The van der Waals surface area contributed by atoms with Gasteiger partial charge in [-0.2, -0.15) is 0 Å². The highest BCUT2D eigenvalue weighted by Crippen LogP contribution is 2.02. The summed E-state index contributed by atoms with van der Waals surface area (Å²) in [5.41, 5.74) is 3.00. The van der Waals surface area contributed by atoms with Crippen LogP contribution in [0, 0.1) is 0 Å². The molecule has 0 amide bonds. The summed E-state index contributed by atoms with van der Waals surface area (Å²) in [5.74, 6) is 0. The molecule has 2 aromatic carbocycles. The fourth-order valence-corrected chi connectivity index (χ4v) is 3.45. The second-order valence-corrected chi connectivity index (χ2v) is 6.03. The van der Waals surface area contributed by atoms with Gasteiger partial charge in [0.2, 0.25) is 0 Å². The summed E-state index contributed by atoms with van der Waals surface area (Å²) in [7, 11) is 3.75. The molecule has 0 radical (unpaired) electrons. The maximum atomic E-state index is 2.75. The smallest absolute Gasteiger partial charge is 0.323 e. The molecule has 0 aromatic heterocycles.